The van der Waals surface area contributed by atoms with E-state index in [1.165, 1.54) is 24.7 Å². The molecule has 0 spiro atoms. The zero-order valence-electron chi connectivity index (χ0n) is 24.6. The number of esters is 1. The van der Waals surface area contributed by atoms with E-state index in [-0.39, 0.29) is 0 Å². The van der Waals surface area contributed by atoms with Crippen molar-refractivity contribution in [1.29, 1.82) is 0 Å². The molecule has 2 aliphatic rings. The predicted octanol–water partition coefficient (Wildman–Crippen LogP) is 8.19. The van der Waals surface area contributed by atoms with Crippen LogP contribution in [-0.4, -0.2) is 55.7 Å². The molecule has 42 heavy (non-hydrogen) atoms. The molecular formula is C35H38ClN3O3. The second-order valence-corrected chi connectivity index (χ2v) is 12.6. The van der Waals surface area contributed by atoms with E-state index in [2.05, 4.69) is 40.8 Å². The fourth-order valence-electron chi connectivity index (χ4n) is 6.33. The standard InChI is InChI=1S/C35H38ClN3O3/c1-35(2)15-13-28(24-7-9-26(36)10-8-24)25(22-35)23-38-17-19-39(20-18-38)27-11-12-30(34(40)41-3)33(21-27)42-32-6-4-5-31-29(32)14-16-37-31/h4-12,14,16,21,37H,13,15,17-20,22-23H2,1-3H3. The maximum atomic E-state index is 12.6. The Morgan fingerprint density at radius 3 is 2.52 bits per heavy atom. The van der Waals surface area contributed by atoms with Crippen LogP contribution in [0, 0.1) is 5.41 Å². The largest absolute Gasteiger partial charge is 0.465 e. The van der Waals surface area contributed by atoms with Gasteiger partial charge in [-0.3, -0.25) is 4.90 Å². The maximum Gasteiger partial charge on any atom is 0.341 e. The SMILES string of the molecule is COC(=O)c1ccc(N2CCN(CC3=C(c4ccc(Cl)cc4)CCC(C)(C)C3)CC2)cc1Oc1cccc2[nH]ccc12. The first-order valence-corrected chi connectivity index (χ1v) is 15.1. The summed E-state index contributed by atoms with van der Waals surface area (Å²) in [4.78, 5) is 20.8. The number of fused-ring (bicyclic) bond motifs is 1. The monoisotopic (exact) mass is 583 g/mol. The van der Waals surface area contributed by atoms with E-state index in [4.69, 9.17) is 21.1 Å². The lowest BCUT2D eigenvalue weighted by atomic mass is 9.73. The van der Waals surface area contributed by atoms with Crippen LogP contribution in [0.15, 0.2) is 78.5 Å². The highest BCUT2D eigenvalue weighted by Gasteiger charge is 2.29. The van der Waals surface area contributed by atoms with E-state index in [1.807, 2.05) is 60.8 Å². The average molecular weight is 584 g/mol. The minimum atomic E-state index is -0.414. The molecular weight excluding hydrogens is 546 g/mol. The van der Waals surface area contributed by atoms with Gasteiger partial charge in [0.2, 0.25) is 0 Å². The van der Waals surface area contributed by atoms with Gasteiger partial charge < -0.3 is 19.4 Å². The smallest absolute Gasteiger partial charge is 0.341 e. The summed E-state index contributed by atoms with van der Waals surface area (Å²) in [7, 11) is 1.40. The molecule has 0 bridgehead atoms. The van der Waals surface area contributed by atoms with Crippen LogP contribution in [0.2, 0.25) is 5.02 Å². The number of rotatable bonds is 7. The van der Waals surface area contributed by atoms with E-state index in [1.54, 1.807) is 5.57 Å². The number of benzene rings is 3. The fraction of sp³-hybridized carbons (Fsp3) is 0.343. The number of ether oxygens (including phenoxy) is 2. The highest BCUT2D eigenvalue weighted by Crippen LogP contribution is 2.43. The molecule has 0 atom stereocenters. The van der Waals surface area contributed by atoms with Crippen LogP contribution in [0.25, 0.3) is 16.5 Å². The minimum Gasteiger partial charge on any atom is -0.465 e. The molecule has 0 amide bonds. The van der Waals surface area contributed by atoms with Crippen molar-refractivity contribution in [2.75, 3.05) is 44.7 Å². The number of carbonyl (C=O) groups excluding carboxylic acids is 1. The minimum absolute atomic E-state index is 0.315. The number of hydrogen-bond acceptors (Lipinski definition) is 5. The lowest BCUT2D eigenvalue weighted by Gasteiger charge is -2.39. The Hall–Kier alpha value is -3.74. The second kappa shape index (κ2) is 11.9. The van der Waals surface area contributed by atoms with Crippen LogP contribution in [0.1, 0.15) is 49.0 Å². The number of nitrogens with zero attached hydrogens (tertiary/aromatic N) is 2. The Balaban J connectivity index is 1.19. The Bertz CT molecular complexity index is 1610. The number of aromatic nitrogens is 1. The van der Waals surface area contributed by atoms with Gasteiger partial charge in [-0.05, 0) is 78.3 Å². The quantitative estimate of drug-likeness (QED) is 0.222. The van der Waals surface area contributed by atoms with E-state index < -0.39 is 5.97 Å². The summed E-state index contributed by atoms with van der Waals surface area (Å²) in [5, 5.41) is 1.74. The van der Waals surface area contributed by atoms with Gasteiger partial charge in [-0.1, -0.05) is 49.2 Å². The number of piperazine rings is 1. The summed E-state index contributed by atoms with van der Waals surface area (Å²) in [5.74, 6) is 0.779. The van der Waals surface area contributed by atoms with Gasteiger partial charge in [-0.2, -0.15) is 0 Å². The second-order valence-electron chi connectivity index (χ2n) is 12.2. The molecule has 1 saturated heterocycles. The number of hydrogen-bond donors (Lipinski definition) is 1. The molecule has 1 fully saturated rings. The first-order chi connectivity index (χ1) is 20.3. The van der Waals surface area contributed by atoms with E-state index in [0.29, 0.717) is 22.5 Å². The van der Waals surface area contributed by atoms with Gasteiger partial charge in [0.05, 0.1) is 7.11 Å². The number of methoxy groups -OCH3 is 1. The summed E-state index contributed by atoms with van der Waals surface area (Å²) in [5.41, 5.74) is 7.10. The summed E-state index contributed by atoms with van der Waals surface area (Å²) < 4.78 is 11.4. The van der Waals surface area contributed by atoms with Gasteiger partial charge in [-0.25, -0.2) is 4.79 Å². The Morgan fingerprint density at radius 2 is 1.76 bits per heavy atom. The number of nitrogens with one attached hydrogen (secondary N) is 1. The predicted molar refractivity (Wildman–Crippen MR) is 171 cm³/mol. The van der Waals surface area contributed by atoms with Crippen molar-refractivity contribution in [1.82, 2.24) is 9.88 Å². The van der Waals surface area contributed by atoms with Gasteiger partial charge in [0.1, 0.15) is 17.1 Å². The number of aromatic amines is 1. The zero-order chi connectivity index (χ0) is 29.3. The van der Waals surface area contributed by atoms with Crippen LogP contribution < -0.4 is 9.64 Å². The van der Waals surface area contributed by atoms with Crippen molar-refractivity contribution in [2.45, 2.75) is 33.1 Å². The molecule has 4 aromatic rings. The molecule has 1 aliphatic carbocycles. The molecule has 0 radical (unpaired) electrons. The topological polar surface area (TPSA) is 57.8 Å². The third-order valence-electron chi connectivity index (χ3n) is 8.66. The van der Waals surface area contributed by atoms with Crippen LogP contribution in [0.3, 0.4) is 0 Å². The van der Waals surface area contributed by atoms with Crippen molar-refractivity contribution in [3.05, 3.63) is 94.6 Å². The molecule has 1 N–H and O–H groups in total. The van der Waals surface area contributed by atoms with Gasteiger partial charge in [-0.15, -0.1) is 0 Å². The van der Waals surface area contributed by atoms with Crippen LogP contribution in [0.4, 0.5) is 5.69 Å². The Kier molecular flexibility index (Phi) is 8.02. The van der Waals surface area contributed by atoms with Crippen molar-refractivity contribution >= 4 is 39.7 Å². The number of anilines is 1. The first kappa shape index (κ1) is 28.4. The molecule has 3 aromatic carbocycles. The fourth-order valence-corrected chi connectivity index (χ4v) is 6.46. The lowest BCUT2D eigenvalue weighted by Crippen LogP contribution is -2.47. The van der Waals surface area contributed by atoms with Crippen molar-refractivity contribution in [2.24, 2.45) is 5.41 Å². The zero-order valence-corrected chi connectivity index (χ0v) is 25.3. The molecule has 1 aliphatic heterocycles. The van der Waals surface area contributed by atoms with Crippen molar-refractivity contribution < 1.29 is 14.3 Å². The molecule has 2 heterocycles. The number of allylic oxidation sites excluding steroid dienone is 1. The molecule has 6 nitrogen and oxygen atoms in total. The highest BCUT2D eigenvalue weighted by atomic mass is 35.5. The normalized spacial score (nSPS) is 17.5. The average Bonchev–Trinajstić information content (AvgIpc) is 3.48. The first-order valence-electron chi connectivity index (χ1n) is 14.7. The Morgan fingerprint density at radius 1 is 0.976 bits per heavy atom. The molecule has 6 rings (SSSR count). The van der Waals surface area contributed by atoms with Crippen LogP contribution in [-0.2, 0) is 4.74 Å². The number of H-pyrrole nitrogens is 1. The summed E-state index contributed by atoms with van der Waals surface area (Å²) in [6.07, 6.45) is 5.31. The number of halogens is 1. The van der Waals surface area contributed by atoms with Gasteiger partial charge in [0, 0.05) is 66.6 Å². The molecule has 0 unspecified atom stereocenters. The van der Waals surface area contributed by atoms with Crippen LogP contribution in [0.5, 0.6) is 11.5 Å². The molecule has 218 valence electrons. The lowest BCUT2D eigenvalue weighted by molar-refractivity contribution is 0.0598. The van der Waals surface area contributed by atoms with E-state index in [9.17, 15) is 4.79 Å². The summed E-state index contributed by atoms with van der Waals surface area (Å²) >= 11 is 6.19. The van der Waals surface area contributed by atoms with Crippen LogP contribution >= 0.6 is 11.6 Å². The summed E-state index contributed by atoms with van der Waals surface area (Å²) in [6, 6.07) is 22.0. The number of carbonyl (C=O) groups is 1. The van der Waals surface area contributed by atoms with Gasteiger partial charge >= 0.3 is 5.97 Å². The third kappa shape index (κ3) is 6.06. The highest BCUT2D eigenvalue weighted by molar-refractivity contribution is 6.30. The molecule has 0 saturated carbocycles. The Labute approximate surface area is 252 Å². The van der Waals surface area contributed by atoms with Crippen molar-refractivity contribution in [3.8, 4) is 11.5 Å². The van der Waals surface area contributed by atoms with Gasteiger partial charge in [0.15, 0.2) is 0 Å². The van der Waals surface area contributed by atoms with E-state index in [0.717, 1.165) is 67.2 Å². The summed E-state index contributed by atoms with van der Waals surface area (Å²) in [6.45, 7) is 9.50. The molecule has 7 heteroatoms. The molecule has 1 aromatic heterocycles. The van der Waals surface area contributed by atoms with Gasteiger partial charge in [0.25, 0.3) is 0 Å². The third-order valence-corrected chi connectivity index (χ3v) is 8.91. The van der Waals surface area contributed by atoms with Crippen molar-refractivity contribution in [3.63, 3.8) is 0 Å². The maximum absolute atomic E-state index is 12.6. The van der Waals surface area contributed by atoms with E-state index >= 15 is 0 Å².